The summed E-state index contributed by atoms with van der Waals surface area (Å²) in [4.78, 5) is 53.1. The summed E-state index contributed by atoms with van der Waals surface area (Å²) < 4.78 is 0. The maximum absolute atomic E-state index is 13.1. The maximum atomic E-state index is 13.1. The fourth-order valence-corrected chi connectivity index (χ4v) is 5.21. The molecule has 0 aromatic heterocycles. The Morgan fingerprint density at radius 2 is 1.74 bits per heavy atom. The molecule has 2 heterocycles. The lowest BCUT2D eigenvalue weighted by atomic mass is 9.73. The number of rotatable bonds is 7. The van der Waals surface area contributed by atoms with Crippen LogP contribution in [-0.2, 0) is 19.2 Å². The fraction of sp³-hybridized carbons (Fsp3) is 0.476. The monoisotopic (exact) mass is 429 g/mol. The van der Waals surface area contributed by atoms with Crippen molar-refractivity contribution >= 4 is 29.5 Å². The Labute approximate surface area is 179 Å². The predicted molar refractivity (Wildman–Crippen MR) is 111 cm³/mol. The van der Waals surface area contributed by atoms with Gasteiger partial charge in [0.15, 0.2) is 0 Å². The van der Waals surface area contributed by atoms with Gasteiger partial charge in [-0.05, 0) is 11.5 Å². The summed E-state index contributed by atoms with van der Waals surface area (Å²) in [5.74, 6) is -5.53. The summed E-state index contributed by atoms with van der Waals surface area (Å²) in [5, 5.41) is 18.0. The highest BCUT2D eigenvalue weighted by atomic mass is 16.4. The van der Waals surface area contributed by atoms with E-state index in [2.05, 4.69) is 0 Å². The molecule has 2 aliphatic heterocycles. The number of aliphatic carboxylic acids is 1. The molecular weight excluding hydrogens is 402 g/mol. The van der Waals surface area contributed by atoms with E-state index in [0.29, 0.717) is 11.1 Å². The number of nitrogen functional groups attached to an aromatic ring is 1. The zero-order valence-corrected chi connectivity index (χ0v) is 17.7. The molecular formula is C21H27N5O5. The Kier molecular flexibility index (Phi) is 5.62. The van der Waals surface area contributed by atoms with Gasteiger partial charge in [-0.15, -0.1) is 0 Å². The molecule has 4 unspecified atom stereocenters. The molecule has 2 fully saturated rings. The maximum Gasteiger partial charge on any atom is 0.325 e. The minimum absolute atomic E-state index is 0.0176. The van der Waals surface area contributed by atoms with E-state index >= 15 is 0 Å². The summed E-state index contributed by atoms with van der Waals surface area (Å²) in [6.07, 6.45) is -0.124. The zero-order chi connectivity index (χ0) is 23.2. The number of carbonyl (C=O) groups excluding carboxylic acids is 3. The Balaban J connectivity index is 2.25. The van der Waals surface area contributed by atoms with Gasteiger partial charge in [0.1, 0.15) is 11.4 Å². The van der Waals surface area contributed by atoms with Gasteiger partial charge in [0.05, 0.1) is 11.8 Å². The van der Waals surface area contributed by atoms with Crippen molar-refractivity contribution < 1.29 is 24.3 Å². The zero-order valence-electron chi connectivity index (χ0n) is 17.7. The molecule has 10 heteroatoms. The number of amidine groups is 1. The topological polar surface area (TPSA) is 171 Å². The molecule has 2 saturated heterocycles. The number of carbonyl (C=O) groups is 4. The van der Waals surface area contributed by atoms with Crippen molar-refractivity contribution in [2.45, 2.75) is 31.8 Å². The molecule has 0 spiro atoms. The number of nitrogens with zero attached hydrogens (tertiary/aromatic N) is 2. The summed E-state index contributed by atoms with van der Waals surface area (Å²) in [6.45, 7) is 3.37. The van der Waals surface area contributed by atoms with Gasteiger partial charge in [-0.1, -0.05) is 38.1 Å². The Bertz CT molecular complexity index is 959. The van der Waals surface area contributed by atoms with Gasteiger partial charge in [-0.25, -0.2) is 0 Å². The van der Waals surface area contributed by atoms with Crippen LogP contribution in [-0.4, -0.2) is 63.6 Å². The molecule has 2 aliphatic rings. The van der Waals surface area contributed by atoms with Crippen molar-refractivity contribution in [2.75, 3.05) is 13.6 Å². The number of carboxylic acids is 1. The first-order valence-electron chi connectivity index (χ1n) is 10.00. The van der Waals surface area contributed by atoms with E-state index < -0.39 is 53.0 Å². The van der Waals surface area contributed by atoms with E-state index in [1.807, 2.05) is 0 Å². The third kappa shape index (κ3) is 3.18. The van der Waals surface area contributed by atoms with E-state index in [9.17, 15) is 24.3 Å². The largest absolute Gasteiger partial charge is 0.480 e. The number of imide groups is 1. The van der Waals surface area contributed by atoms with Crippen LogP contribution in [0.1, 0.15) is 37.4 Å². The highest BCUT2D eigenvalue weighted by molar-refractivity contribution is 6.09. The summed E-state index contributed by atoms with van der Waals surface area (Å²) in [5.41, 5.74) is 10.3. The molecule has 4 atom stereocenters. The number of primary amides is 1. The van der Waals surface area contributed by atoms with Crippen molar-refractivity contribution in [3.63, 3.8) is 0 Å². The van der Waals surface area contributed by atoms with Gasteiger partial charge in [-0.2, -0.15) is 0 Å². The average Bonchev–Trinajstić information content (AvgIpc) is 3.12. The molecule has 31 heavy (non-hydrogen) atoms. The second-order valence-corrected chi connectivity index (χ2v) is 8.41. The Morgan fingerprint density at radius 3 is 2.19 bits per heavy atom. The SMILES string of the molecule is CC(C)C1(C(=O)O)C2C(=O)N(C)C(=O)C2C(c2ccc(C(=N)N)cc2)N1CCC(N)=O. The summed E-state index contributed by atoms with van der Waals surface area (Å²) in [6, 6.07) is 5.80. The third-order valence-corrected chi connectivity index (χ3v) is 6.58. The van der Waals surface area contributed by atoms with E-state index in [-0.39, 0.29) is 18.8 Å². The molecule has 0 aliphatic carbocycles. The average molecular weight is 429 g/mol. The number of hydrogen-bond donors (Lipinski definition) is 4. The standard InChI is InChI=1S/C21H27N5O5/c1-10(2)21(20(30)31)15-14(18(28)25(3)19(15)29)16(26(21)9-8-13(22)27)11-4-6-12(7-5-11)17(23)24/h4-7,10,14-16H,8-9H2,1-3H3,(H2,22,27)(H3,23,24)(H,30,31). The van der Waals surface area contributed by atoms with E-state index in [0.717, 1.165) is 4.90 Å². The number of carboxylic acid groups (broad SMARTS) is 1. The molecule has 3 rings (SSSR count). The van der Waals surface area contributed by atoms with Gasteiger partial charge in [0.25, 0.3) is 0 Å². The van der Waals surface area contributed by atoms with Crippen LogP contribution >= 0.6 is 0 Å². The lowest BCUT2D eigenvalue weighted by molar-refractivity contribution is -0.162. The fourth-order valence-electron chi connectivity index (χ4n) is 5.21. The number of benzene rings is 1. The van der Waals surface area contributed by atoms with E-state index in [1.165, 1.54) is 7.05 Å². The molecule has 0 saturated carbocycles. The molecule has 1 aromatic rings. The van der Waals surface area contributed by atoms with Crippen molar-refractivity contribution in [3.8, 4) is 0 Å². The van der Waals surface area contributed by atoms with Gasteiger partial charge in [0, 0.05) is 31.6 Å². The normalized spacial score (nSPS) is 28.3. The molecule has 3 amide bonds. The highest BCUT2D eigenvalue weighted by Gasteiger charge is 2.72. The quantitative estimate of drug-likeness (QED) is 0.266. The van der Waals surface area contributed by atoms with Crippen LogP contribution in [0.15, 0.2) is 24.3 Å². The van der Waals surface area contributed by atoms with Gasteiger partial charge in [-0.3, -0.25) is 34.4 Å². The number of amides is 3. The smallest absolute Gasteiger partial charge is 0.325 e. The molecule has 166 valence electrons. The molecule has 0 radical (unpaired) electrons. The van der Waals surface area contributed by atoms with Crippen molar-refractivity contribution in [1.82, 2.24) is 9.80 Å². The van der Waals surface area contributed by atoms with Crippen molar-refractivity contribution in [3.05, 3.63) is 35.4 Å². The van der Waals surface area contributed by atoms with Crippen LogP contribution in [0.2, 0.25) is 0 Å². The van der Waals surface area contributed by atoms with Gasteiger partial charge >= 0.3 is 5.97 Å². The Morgan fingerprint density at radius 1 is 1.16 bits per heavy atom. The molecule has 1 aromatic carbocycles. The van der Waals surface area contributed by atoms with E-state index in [4.69, 9.17) is 16.9 Å². The van der Waals surface area contributed by atoms with Crippen molar-refractivity contribution in [2.24, 2.45) is 29.2 Å². The minimum Gasteiger partial charge on any atom is -0.480 e. The van der Waals surface area contributed by atoms with Gasteiger partial charge < -0.3 is 16.6 Å². The highest BCUT2D eigenvalue weighted by Crippen LogP contribution is 2.57. The minimum atomic E-state index is -1.69. The number of nitrogens with two attached hydrogens (primary N) is 2. The second kappa shape index (κ2) is 7.77. The first-order chi connectivity index (χ1) is 14.5. The number of likely N-dealkylation sites (tertiary alicyclic amines) is 2. The van der Waals surface area contributed by atoms with Crippen LogP contribution in [0.4, 0.5) is 0 Å². The lowest BCUT2D eigenvalue weighted by Gasteiger charge is -2.43. The Hall–Kier alpha value is -3.27. The molecule has 10 nitrogen and oxygen atoms in total. The summed E-state index contributed by atoms with van der Waals surface area (Å²) >= 11 is 0. The third-order valence-electron chi connectivity index (χ3n) is 6.58. The van der Waals surface area contributed by atoms with Crippen LogP contribution < -0.4 is 11.5 Å². The molecule has 0 bridgehead atoms. The lowest BCUT2D eigenvalue weighted by Crippen LogP contribution is -2.61. The van der Waals surface area contributed by atoms with Crippen LogP contribution in [0.5, 0.6) is 0 Å². The van der Waals surface area contributed by atoms with E-state index in [1.54, 1.807) is 43.0 Å². The summed E-state index contributed by atoms with van der Waals surface area (Å²) in [7, 11) is 1.36. The van der Waals surface area contributed by atoms with Gasteiger partial charge in [0.2, 0.25) is 17.7 Å². The number of hydrogen-bond acceptors (Lipinski definition) is 6. The predicted octanol–water partition coefficient (Wildman–Crippen LogP) is -0.0868. The number of fused-ring (bicyclic) bond motifs is 1. The first-order valence-corrected chi connectivity index (χ1v) is 10.00. The number of nitrogens with one attached hydrogen (secondary N) is 1. The molecule has 6 N–H and O–H groups in total. The van der Waals surface area contributed by atoms with Crippen molar-refractivity contribution in [1.29, 1.82) is 5.41 Å². The second-order valence-electron chi connectivity index (χ2n) is 8.41. The van der Waals surface area contributed by atoms with Crippen LogP contribution in [0.25, 0.3) is 0 Å². The van der Waals surface area contributed by atoms with Crippen LogP contribution in [0.3, 0.4) is 0 Å². The first kappa shape index (κ1) is 22.4. The van der Waals surface area contributed by atoms with Crippen LogP contribution in [0, 0.1) is 23.2 Å².